The van der Waals surface area contributed by atoms with Gasteiger partial charge < -0.3 is 9.64 Å². The van der Waals surface area contributed by atoms with Crippen molar-refractivity contribution in [3.63, 3.8) is 0 Å². The van der Waals surface area contributed by atoms with Gasteiger partial charge in [-0.3, -0.25) is 9.59 Å². The minimum Gasteiger partial charge on any atom is -0.469 e. The van der Waals surface area contributed by atoms with Crippen LogP contribution in [0.5, 0.6) is 0 Å². The van der Waals surface area contributed by atoms with E-state index in [0.717, 1.165) is 12.0 Å². The summed E-state index contributed by atoms with van der Waals surface area (Å²) in [6.07, 6.45) is 1.69. The summed E-state index contributed by atoms with van der Waals surface area (Å²) >= 11 is 0. The predicted octanol–water partition coefficient (Wildman–Crippen LogP) is 1.31. The topological polar surface area (TPSA) is 107 Å². The number of esters is 1. The van der Waals surface area contributed by atoms with E-state index in [1.807, 2.05) is 6.92 Å². The highest BCUT2D eigenvalue weighted by Gasteiger charge is 2.21. The number of primary sulfonamides is 1. The van der Waals surface area contributed by atoms with Gasteiger partial charge in [0.15, 0.2) is 0 Å². The van der Waals surface area contributed by atoms with Crippen molar-refractivity contribution in [2.24, 2.45) is 11.1 Å². The van der Waals surface area contributed by atoms with Gasteiger partial charge in [0, 0.05) is 19.5 Å². The zero-order chi connectivity index (χ0) is 19.0. The molecule has 2 N–H and O–H groups in total. The molecular formula is C17H26N2O5S. The van der Waals surface area contributed by atoms with Crippen molar-refractivity contribution in [2.75, 3.05) is 20.2 Å². The number of nitrogens with zero attached hydrogens (tertiary/aromatic N) is 1. The second-order valence-corrected chi connectivity index (χ2v) is 7.51. The number of hydrogen-bond acceptors (Lipinski definition) is 5. The smallest absolute Gasteiger partial charge is 0.310 e. The Labute approximate surface area is 149 Å². The van der Waals surface area contributed by atoms with E-state index < -0.39 is 15.9 Å². The first kappa shape index (κ1) is 21.1. The fourth-order valence-corrected chi connectivity index (χ4v) is 2.92. The number of hydrogen-bond donors (Lipinski definition) is 1. The summed E-state index contributed by atoms with van der Waals surface area (Å²) in [6, 6.07) is 6.23. The van der Waals surface area contributed by atoms with Crippen LogP contribution in [0.3, 0.4) is 0 Å². The molecule has 0 aliphatic heterocycles. The third-order valence-corrected chi connectivity index (χ3v) is 4.77. The Morgan fingerprint density at radius 3 is 2.32 bits per heavy atom. The van der Waals surface area contributed by atoms with E-state index in [9.17, 15) is 18.0 Å². The van der Waals surface area contributed by atoms with Gasteiger partial charge in [-0.05, 0) is 30.5 Å². The molecule has 0 aromatic heterocycles. The van der Waals surface area contributed by atoms with Gasteiger partial charge in [0.2, 0.25) is 15.9 Å². The van der Waals surface area contributed by atoms with E-state index in [-0.39, 0.29) is 16.8 Å². The summed E-state index contributed by atoms with van der Waals surface area (Å²) in [5.74, 6) is -0.776. The Morgan fingerprint density at radius 2 is 1.84 bits per heavy atom. The summed E-state index contributed by atoms with van der Waals surface area (Å²) in [5.41, 5.74) is 0.882. The molecule has 0 radical (unpaired) electrons. The van der Waals surface area contributed by atoms with Crippen LogP contribution in [0.15, 0.2) is 29.2 Å². The van der Waals surface area contributed by atoms with Crippen molar-refractivity contribution in [1.82, 2.24) is 4.90 Å². The number of sulfonamides is 1. The fourth-order valence-electron chi connectivity index (χ4n) is 2.41. The number of benzene rings is 1. The average Bonchev–Trinajstić information content (AvgIpc) is 2.57. The number of ether oxygens (including phenoxy) is 1. The number of carbonyl (C=O) groups is 2. The van der Waals surface area contributed by atoms with Gasteiger partial charge >= 0.3 is 5.97 Å². The monoisotopic (exact) mass is 370 g/mol. The molecule has 1 aromatic rings. The first-order valence-corrected chi connectivity index (χ1v) is 9.71. The largest absolute Gasteiger partial charge is 0.469 e. The number of rotatable bonds is 9. The zero-order valence-corrected chi connectivity index (χ0v) is 15.7. The van der Waals surface area contributed by atoms with Crippen molar-refractivity contribution in [3.05, 3.63) is 29.8 Å². The number of methoxy groups -OCH3 is 1. The highest BCUT2D eigenvalue weighted by atomic mass is 32.2. The van der Waals surface area contributed by atoms with E-state index >= 15 is 0 Å². The van der Waals surface area contributed by atoms with Crippen molar-refractivity contribution in [3.8, 4) is 0 Å². The molecule has 1 aromatic carbocycles. The van der Waals surface area contributed by atoms with Gasteiger partial charge in [-0.15, -0.1) is 0 Å². The SMILES string of the molecule is CCCC(=O)N(CCc1ccc(S(N)(=O)=O)cc1)CC(C)C(=O)OC. The average molecular weight is 370 g/mol. The lowest BCUT2D eigenvalue weighted by Gasteiger charge is -2.25. The lowest BCUT2D eigenvalue weighted by Crippen LogP contribution is -2.38. The molecule has 7 nitrogen and oxygen atoms in total. The molecule has 1 atom stereocenters. The van der Waals surface area contributed by atoms with Crippen molar-refractivity contribution < 1.29 is 22.7 Å². The maximum Gasteiger partial charge on any atom is 0.310 e. The van der Waals surface area contributed by atoms with Crippen LogP contribution in [0.4, 0.5) is 0 Å². The summed E-state index contributed by atoms with van der Waals surface area (Å²) in [6.45, 7) is 4.38. The Kier molecular flexibility index (Phi) is 8.05. The van der Waals surface area contributed by atoms with Crippen LogP contribution in [0.25, 0.3) is 0 Å². The van der Waals surface area contributed by atoms with E-state index in [1.165, 1.54) is 19.2 Å². The van der Waals surface area contributed by atoms with Gasteiger partial charge in [0.05, 0.1) is 17.9 Å². The molecular weight excluding hydrogens is 344 g/mol. The molecule has 1 rings (SSSR count). The molecule has 0 aliphatic carbocycles. The maximum atomic E-state index is 12.3. The van der Waals surface area contributed by atoms with Crippen LogP contribution in [0.2, 0.25) is 0 Å². The third kappa shape index (κ3) is 6.83. The van der Waals surface area contributed by atoms with Crippen molar-refractivity contribution in [2.45, 2.75) is 38.0 Å². The summed E-state index contributed by atoms with van der Waals surface area (Å²) in [7, 11) is -2.39. The van der Waals surface area contributed by atoms with Crippen LogP contribution in [-0.4, -0.2) is 45.4 Å². The molecule has 8 heteroatoms. The van der Waals surface area contributed by atoms with Crippen LogP contribution in [0.1, 0.15) is 32.3 Å². The third-order valence-electron chi connectivity index (χ3n) is 3.84. The zero-order valence-electron chi connectivity index (χ0n) is 14.9. The van der Waals surface area contributed by atoms with Crippen LogP contribution in [0, 0.1) is 5.92 Å². The van der Waals surface area contributed by atoms with Crippen molar-refractivity contribution in [1.29, 1.82) is 0 Å². The molecule has 1 amide bonds. The Balaban J connectivity index is 2.77. The molecule has 140 valence electrons. The molecule has 1 unspecified atom stereocenters. The van der Waals surface area contributed by atoms with E-state index in [1.54, 1.807) is 24.0 Å². The van der Waals surface area contributed by atoms with E-state index in [4.69, 9.17) is 9.88 Å². The molecule has 25 heavy (non-hydrogen) atoms. The minimum atomic E-state index is -3.72. The normalized spacial score (nSPS) is 12.5. The number of nitrogens with two attached hydrogens (primary N) is 1. The first-order chi connectivity index (χ1) is 11.7. The Hall–Kier alpha value is -1.93. The van der Waals surface area contributed by atoms with Gasteiger partial charge in [0.25, 0.3) is 0 Å². The summed E-state index contributed by atoms with van der Waals surface area (Å²) in [4.78, 5) is 25.6. The Morgan fingerprint density at radius 1 is 1.24 bits per heavy atom. The maximum absolute atomic E-state index is 12.3. The fraction of sp³-hybridized carbons (Fsp3) is 0.529. The molecule has 0 heterocycles. The van der Waals surface area contributed by atoms with Crippen molar-refractivity contribution >= 4 is 21.9 Å². The lowest BCUT2D eigenvalue weighted by atomic mass is 10.1. The molecule has 0 aliphatic rings. The minimum absolute atomic E-state index is 0.0144. The second kappa shape index (κ2) is 9.53. The second-order valence-electron chi connectivity index (χ2n) is 5.95. The van der Waals surface area contributed by atoms with Gasteiger partial charge in [0.1, 0.15) is 0 Å². The number of carbonyl (C=O) groups excluding carboxylic acids is 2. The molecule has 0 saturated heterocycles. The first-order valence-electron chi connectivity index (χ1n) is 8.16. The highest BCUT2D eigenvalue weighted by Crippen LogP contribution is 2.12. The van der Waals surface area contributed by atoms with E-state index in [0.29, 0.717) is 25.9 Å². The van der Waals surface area contributed by atoms with Gasteiger partial charge in [-0.25, -0.2) is 13.6 Å². The standard InChI is InChI=1S/C17H26N2O5S/c1-4-5-16(20)19(12-13(2)17(21)24-3)11-10-14-6-8-15(9-7-14)25(18,22)23/h6-9,13H,4-5,10-12H2,1-3H3,(H2,18,22,23). The molecule has 0 spiro atoms. The van der Waals surface area contributed by atoms with Gasteiger partial charge in [-0.1, -0.05) is 26.0 Å². The van der Waals surface area contributed by atoms with Crippen LogP contribution >= 0.6 is 0 Å². The molecule has 0 fully saturated rings. The predicted molar refractivity (Wildman–Crippen MR) is 94.2 cm³/mol. The quantitative estimate of drug-likeness (QED) is 0.660. The van der Waals surface area contributed by atoms with E-state index in [2.05, 4.69) is 0 Å². The summed E-state index contributed by atoms with van der Waals surface area (Å²) in [5, 5.41) is 5.07. The molecule has 0 bridgehead atoms. The van der Waals surface area contributed by atoms with Crippen LogP contribution < -0.4 is 5.14 Å². The summed E-state index contributed by atoms with van der Waals surface area (Å²) < 4.78 is 27.2. The molecule has 0 saturated carbocycles. The lowest BCUT2D eigenvalue weighted by molar-refractivity contribution is -0.146. The van der Waals surface area contributed by atoms with Gasteiger partial charge in [-0.2, -0.15) is 0 Å². The number of amides is 1. The van der Waals surface area contributed by atoms with Crippen LogP contribution in [-0.2, 0) is 30.8 Å². The highest BCUT2D eigenvalue weighted by molar-refractivity contribution is 7.89. The Bertz CT molecular complexity index is 685.